The maximum absolute atomic E-state index is 11.9. The van der Waals surface area contributed by atoms with Crippen LogP contribution in [0.5, 0.6) is 0 Å². The second kappa shape index (κ2) is 5.83. The van der Waals surface area contributed by atoms with E-state index in [-0.39, 0.29) is 11.8 Å². The summed E-state index contributed by atoms with van der Waals surface area (Å²) in [6.07, 6.45) is 0. The Morgan fingerprint density at radius 2 is 1.79 bits per heavy atom. The molecule has 0 aromatic carbocycles. The molecule has 0 saturated heterocycles. The molecule has 19 heavy (non-hydrogen) atoms. The second-order valence-corrected chi connectivity index (χ2v) is 5.92. The molecular weight excluding hydrogens is 266 g/mol. The van der Waals surface area contributed by atoms with Crippen LogP contribution >= 0.6 is 11.3 Å². The molecule has 0 atom stereocenters. The maximum Gasteiger partial charge on any atom is 0.272 e. The number of amides is 3. The largest absolute Gasteiger partial charge is 0.317 e. The Morgan fingerprint density at radius 1 is 1.16 bits per heavy atom. The Balaban J connectivity index is 2.78. The number of rotatable bonds is 2. The van der Waals surface area contributed by atoms with Crippen LogP contribution < -0.4 is 16.2 Å². The van der Waals surface area contributed by atoms with Gasteiger partial charge < -0.3 is 5.32 Å². The Kier molecular flexibility index (Phi) is 4.66. The third-order valence-corrected chi connectivity index (χ3v) is 3.00. The Hall–Kier alpha value is -1.89. The van der Waals surface area contributed by atoms with Gasteiger partial charge in [-0.05, 0) is 11.4 Å². The van der Waals surface area contributed by atoms with Gasteiger partial charge in [-0.2, -0.15) is 0 Å². The summed E-state index contributed by atoms with van der Waals surface area (Å²) in [5, 5.41) is 4.86. The molecule has 0 unspecified atom stereocenters. The van der Waals surface area contributed by atoms with Crippen LogP contribution in [0.4, 0.5) is 5.00 Å². The van der Waals surface area contributed by atoms with Crippen LogP contribution in [-0.4, -0.2) is 17.7 Å². The van der Waals surface area contributed by atoms with Crippen molar-refractivity contribution in [2.24, 2.45) is 5.41 Å². The molecule has 0 saturated carbocycles. The van der Waals surface area contributed by atoms with Crippen LogP contribution in [0.25, 0.3) is 0 Å². The van der Waals surface area contributed by atoms with Crippen molar-refractivity contribution in [3.05, 3.63) is 17.0 Å². The van der Waals surface area contributed by atoms with Crippen LogP contribution in [0.3, 0.4) is 0 Å². The standard InChI is InChI=1S/C12H17N3O3S/c1-7(16)14-15-9(17)8-5-6-19-10(8)13-11(18)12(2,3)4/h5-6H,1-4H3,(H,13,18)(H,14,16)(H,15,17). The fourth-order valence-corrected chi connectivity index (χ4v) is 1.87. The van der Waals surface area contributed by atoms with E-state index in [0.29, 0.717) is 10.6 Å². The molecule has 1 heterocycles. The van der Waals surface area contributed by atoms with E-state index in [0.717, 1.165) is 0 Å². The van der Waals surface area contributed by atoms with Crippen molar-refractivity contribution >= 4 is 34.1 Å². The van der Waals surface area contributed by atoms with Crippen molar-refractivity contribution in [1.82, 2.24) is 10.9 Å². The van der Waals surface area contributed by atoms with Crippen LogP contribution in [0.2, 0.25) is 0 Å². The Morgan fingerprint density at radius 3 is 2.32 bits per heavy atom. The van der Waals surface area contributed by atoms with E-state index in [1.54, 1.807) is 32.2 Å². The minimum absolute atomic E-state index is 0.177. The number of hydrogen-bond donors (Lipinski definition) is 3. The summed E-state index contributed by atoms with van der Waals surface area (Å²) >= 11 is 1.25. The van der Waals surface area contributed by atoms with Crippen LogP contribution in [-0.2, 0) is 9.59 Å². The minimum atomic E-state index is -0.546. The van der Waals surface area contributed by atoms with E-state index in [1.165, 1.54) is 18.3 Å². The summed E-state index contributed by atoms with van der Waals surface area (Å²) in [5.41, 5.74) is 4.22. The van der Waals surface area contributed by atoms with Crippen molar-refractivity contribution < 1.29 is 14.4 Å². The third-order valence-electron chi connectivity index (χ3n) is 2.17. The molecule has 1 aromatic heterocycles. The zero-order valence-electron chi connectivity index (χ0n) is 11.3. The van der Waals surface area contributed by atoms with Crippen molar-refractivity contribution in [3.8, 4) is 0 Å². The van der Waals surface area contributed by atoms with Gasteiger partial charge in [-0.3, -0.25) is 25.2 Å². The van der Waals surface area contributed by atoms with Crippen LogP contribution in [0.15, 0.2) is 11.4 Å². The zero-order valence-corrected chi connectivity index (χ0v) is 12.1. The summed E-state index contributed by atoms with van der Waals surface area (Å²) in [7, 11) is 0. The highest BCUT2D eigenvalue weighted by atomic mass is 32.1. The number of hydrogen-bond acceptors (Lipinski definition) is 4. The van der Waals surface area contributed by atoms with Gasteiger partial charge in [0.2, 0.25) is 11.8 Å². The topological polar surface area (TPSA) is 87.3 Å². The number of thiophene rings is 1. The molecule has 0 fully saturated rings. The average Bonchev–Trinajstić information content (AvgIpc) is 2.72. The van der Waals surface area contributed by atoms with Gasteiger partial charge >= 0.3 is 0 Å². The molecule has 3 N–H and O–H groups in total. The van der Waals surface area contributed by atoms with Gasteiger partial charge in [0.1, 0.15) is 5.00 Å². The van der Waals surface area contributed by atoms with Gasteiger partial charge in [0.25, 0.3) is 5.91 Å². The molecule has 0 aliphatic rings. The smallest absolute Gasteiger partial charge is 0.272 e. The predicted molar refractivity (Wildman–Crippen MR) is 73.7 cm³/mol. The predicted octanol–water partition coefficient (Wildman–Crippen LogP) is 1.51. The van der Waals surface area contributed by atoms with Crippen LogP contribution in [0, 0.1) is 5.41 Å². The molecule has 1 rings (SSSR count). The Labute approximate surface area is 115 Å². The van der Waals surface area contributed by atoms with E-state index in [9.17, 15) is 14.4 Å². The second-order valence-electron chi connectivity index (χ2n) is 5.00. The highest BCUT2D eigenvalue weighted by Gasteiger charge is 2.23. The number of anilines is 1. The molecule has 0 spiro atoms. The van der Waals surface area contributed by atoms with Gasteiger partial charge in [0, 0.05) is 12.3 Å². The number of carbonyl (C=O) groups is 3. The quantitative estimate of drug-likeness (QED) is 0.719. The van der Waals surface area contributed by atoms with Gasteiger partial charge in [-0.1, -0.05) is 20.8 Å². The molecule has 104 valence electrons. The number of hydrazine groups is 1. The van der Waals surface area contributed by atoms with Gasteiger partial charge in [0.05, 0.1) is 5.56 Å². The monoisotopic (exact) mass is 283 g/mol. The molecule has 0 bridgehead atoms. The first kappa shape index (κ1) is 15.2. The third kappa shape index (κ3) is 4.36. The van der Waals surface area contributed by atoms with E-state index in [2.05, 4.69) is 16.2 Å². The summed E-state index contributed by atoms with van der Waals surface area (Å²) < 4.78 is 0. The molecule has 7 heteroatoms. The number of carbonyl (C=O) groups excluding carboxylic acids is 3. The fraction of sp³-hybridized carbons (Fsp3) is 0.417. The Bertz CT molecular complexity index is 503. The highest BCUT2D eigenvalue weighted by molar-refractivity contribution is 7.14. The van der Waals surface area contributed by atoms with Gasteiger partial charge in [0.15, 0.2) is 0 Å². The first-order valence-electron chi connectivity index (χ1n) is 5.67. The molecule has 0 radical (unpaired) electrons. The molecule has 0 aliphatic carbocycles. The molecule has 6 nitrogen and oxygen atoms in total. The average molecular weight is 283 g/mol. The maximum atomic E-state index is 11.9. The van der Waals surface area contributed by atoms with Crippen molar-refractivity contribution in [2.45, 2.75) is 27.7 Å². The molecule has 3 amide bonds. The molecular formula is C12H17N3O3S. The van der Waals surface area contributed by atoms with Gasteiger partial charge in [-0.15, -0.1) is 11.3 Å². The summed E-state index contributed by atoms with van der Waals surface area (Å²) in [4.78, 5) is 34.4. The normalized spacial score (nSPS) is 10.7. The first-order valence-corrected chi connectivity index (χ1v) is 6.55. The lowest BCUT2D eigenvalue weighted by atomic mass is 9.96. The van der Waals surface area contributed by atoms with Gasteiger partial charge in [-0.25, -0.2) is 0 Å². The number of nitrogens with one attached hydrogen (secondary N) is 3. The lowest BCUT2D eigenvalue weighted by Crippen LogP contribution is -2.40. The minimum Gasteiger partial charge on any atom is -0.317 e. The van der Waals surface area contributed by atoms with E-state index in [4.69, 9.17) is 0 Å². The van der Waals surface area contributed by atoms with Crippen molar-refractivity contribution in [2.75, 3.05) is 5.32 Å². The lowest BCUT2D eigenvalue weighted by Gasteiger charge is -2.17. The van der Waals surface area contributed by atoms with E-state index in [1.807, 2.05) is 0 Å². The molecule has 0 aliphatic heterocycles. The summed E-state index contributed by atoms with van der Waals surface area (Å²) in [6, 6.07) is 1.58. The summed E-state index contributed by atoms with van der Waals surface area (Å²) in [6.45, 7) is 6.64. The lowest BCUT2D eigenvalue weighted by molar-refractivity contribution is -0.123. The van der Waals surface area contributed by atoms with Crippen molar-refractivity contribution in [3.63, 3.8) is 0 Å². The van der Waals surface area contributed by atoms with E-state index >= 15 is 0 Å². The van der Waals surface area contributed by atoms with Crippen molar-refractivity contribution in [1.29, 1.82) is 0 Å². The fourth-order valence-electron chi connectivity index (χ4n) is 1.09. The van der Waals surface area contributed by atoms with Crippen LogP contribution in [0.1, 0.15) is 38.1 Å². The zero-order chi connectivity index (χ0) is 14.6. The summed E-state index contributed by atoms with van der Waals surface area (Å²) in [5.74, 6) is -1.02. The first-order chi connectivity index (χ1) is 8.71. The molecule has 1 aromatic rings. The SMILES string of the molecule is CC(=O)NNC(=O)c1ccsc1NC(=O)C(C)(C)C. The highest BCUT2D eigenvalue weighted by Crippen LogP contribution is 2.25. The van der Waals surface area contributed by atoms with E-state index < -0.39 is 11.3 Å².